The van der Waals surface area contributed by atoms with Crippen LogP contribution in [-0.2, 0) is 16.6 Å². The molecule has 2 aliphatic rings. The van der Waals surface area contributed by atoms with Crippen LogP contribution in [0.2, 0.25) is 10.0 Å². The number of fused-ring (bicyclic) bond motifs is 1. The van der Waals surface area contributed by atoms with E-state index in [9.17, 15) is 8.42 Å². The molecule has 0 radical (unpaired) electrons. The Hall–Kier alpha value is -1.71. The first-order valence-electron chi connectivity index (χ1n) is 9.02. The molecule has 0 aliphatic carbocycles. The summed E-state index contributed by atoms with van der Waals surface area (Å²) in [7, 11) is -2.14. The molecule has 10 heteroatoms. The molecule has 2 aliphatic heterocycles. The maximum Gasteiger partial charge on any atom is 0.242 e. The van der Waals surface area contributed by atoms with E-state index in [0.29, 0.717) is 41.8 Å². The molecule has 29 heavy (non-hydrogen) atoms. The smallest absolute Gasteiger partial charge is 0.242 e. The molecule has 4 rings (SSSR count). The maximum absolute atomic E-state index is 12.7. The van der Waals surface area contributed by atoms with Crippen molar-refractivity contribution in [2.75, 3.05) is 27.0 Å². The van der Waals surface area contributed by atoms with E-state index in [1.54, 1.807) is 7.11 Å². The number of nitrogens with one attached hydrogen (secondary N) is 1. The van der Waals surface area contributed by atoms with Crippen molar-refractivity contribution < 1.29 is 22.6 Å². The molecule has 1 atom stereocenters. The molecule has 156 valence electrons. The molecule has 0 bridgehead atoms. The number of ether oxygens (including phenoxy) is 3. The Balaban J connectivity index is 1.42. The Morgan fingerprint density at radius 1 is 1.24 bits per heavy atom. The van der Waals surface area contributed by atoms with E-state index in [1.165, 1.54) is 18.2 Å². The fourth-order valence-corrected chi connectivity index (χ4v) is 5.62. The van der Waals surface area contributed by atoms with Crippen LogP contribution in [0.5, 0.6) is 17.2 Å². The predicted octanol–water partition coefficient (Wildman–Crippen LogP) is 3.28. The number of likely N-dealkylation sites (tertiary alicyclic amines) is 1. The average Bonchev–Trinajstić information content (AvgIpc) is 3.29. The van der Waals surface area contributed by atoms with Crippen LogP contribution in [-0.4, -0.2) is 46.4 Å². The standard InChI is InChI=1S/C19H20Cl2N2O5S/c1-26-16-6-12(7-17-19(16)28-11-27-17)9-23-5-4-14(10-23)22-29(24,25)18-3-2-13(20)8-15(18)21/h2-3,6-8,14,22H,4-5,9-11H2,1H3. The minimum atomic E-state index is -3.73. The molecule has 1 fully saturated rings. The van der Waals surface area contributed by atoms with Gasteiger partial charge in [-0.2, -0.15) is 0 Å². The molecule has 1 saturated heterocycles. The van der Waals surface area contributed by atoms with Gasteiger partial charge in [0.25, 0.3) is 0 Å². The minimum Gasteiger partial charge on any atom is -0.493 e. The maximum atomic E-state index is 12.7. The summed E-state index contributed by atoms with van der Waals surface area (Å²) in [5.41, 5.74) is 1.01. The summed E-state index contributed by atoms with van der Waals surface area (Å²) in [4.78, 5) is 2.20. The molecule has 1 N–H and O–H groups in total. The van der Waals surface area contributed by atoms with Crippen molar-refractivity contribution >= 4 is 33.2 Å². The van der Waals surface area contributed by atoms with E-state index >= 15 is 0 Å². The van der Waals surface area contributed by atoms with Gasteiger partial charge in [-0.25, -0.2) is 13.1 Å². The Morgan fingerprint density at radius 3 is 2.83 bits per heavy atom. The molecule has 0 spiro atoms. The van der Waals surface area contributed by atoms with Gasteiger partial charge in [0.2, 0.25) is 22.6 Å². The highest BCUT2D eigenvalue weighted by Crippen LogP contribution is 2.42. The monoisotopic (exact) mass is 458 g/mol. The number of hydrogen-bond acceptors (Lipinski definition) is 6. The van der Waals surface area contributed by atoms with Gasteiger partial charge in [-0.05, 0) is 42.3 Å². The van der Waals surface area contributed by atoms with Gasteiger partial charge in [-0.15, -0.1) is 0 Å². The highest BCUT2D eigenvalue weighted by Gasteiger charge is 2.29. The fourth-order valence-electron chi connectivity index (χ4n) is 3.58. The lowest BCUT2D eigenvalue weighted by atomic mass is 10.1. The van der Waals surface area contributed by atoms with Gasteiger partial charge in [0.15, 0.2) is 11.5 Å². The topological polar surface area (TPSA) is 77.1 Å². The minimum absolute atomic E-state index is 0.0301. The van der Waals surface area contributed by atoms with E-state index in [-0.39, 0.29) is 22.8 Å². The number of halogens is 2. The summed E-state index contributed by atoms with van der Waals surface area (Å²) in [6.45, 7) is 2.17. The summed E-state index contributed by atoms with van der Waals surface area (Å²) >= 11 is 11.9. The van der Waals surface area contributed by atoms with Crippen molar-refractivity contribution in [3.8, 4) is 17.2 Å². The third kappa shape index (κ3) is 4.41. The van der Waals surface area contributed by atoms with Crippen LogP contribution in [0.3, 0.4) is 0 Å². The lowest BCUT2D eigenvalue weighted by Crippen LogP contribution is -2.37. The third-order valence-corrected chi connectivity index (χ3v) is 7.14. The highest BCUT2D eigenvalue weighted by molar-refractivity contribution is 7.89. The number of rotatable bonds is 6. The molecular formula is C19H20Cl2N2O5S. The van der Waals surface area contributed by atoms with Gasteiger partial charge >= 0.3 is 0 Å². The van der Waals surface area contributed by atoms with Gasteiger partial charge in [0.1, 0.15) is 4.90 Å². The van der Waals surface area contributed by atoms with Crippen molar-refractivity contribution in [3.05, 3.63) is 45.9 Å². The second-order valence-electron chi connectivity index (χ2n) is 6.95. The molecule has 2 aromatic carbocycles. The van der Waals surface area contributed by atoms with Gasteiger partial charge in [0, 0.05) is 30.7 Å². The molecule has 1 unspecified atom stereocenters. The highest BCUT2D eigenvalue weighted by atomic mass is 35.5. The fraction of sp³-hybridized carbons (Fsp3) is 0.368. The molecular weight excluding hydrogens is 439 g/mol. The summed E-state index contributed by atoms with van der Waals surface area (Å²) in [6, 6.07) is 7.98. The third-order valence-electron chi connectivity index (χ3n) is 4.90. The van der Waals surface area contributed by atoms with Crippen molar-refractivity contribution in [1.29, 1.82) is 0 Å². The van der Waals surface area contributed by atoms with E-state index in [2.05, 4.69) is 9.62 Å². The number of nitrogens with zero attached hydrogens (tertiary/aromatic N) is 1. The first-order valence-corrected chi connectivity index (χ1v) is 11.3. The lowest BCUT2D eigenvalue weighted by Gasteiger charge is -2.18. The number of benzene rings is 2. The Labute approximate surface area is 179 Å². The summed E-state index contributed by atoms with van der Waals surface area (Å²) in [5.74, 6) is 1.90. The first kappa shape index (κ1) is 20.6. The zero-order valence-corrected chi connectivity index (χ0v) is 18.0. The summed E-state index contributed by atoms with van der Waals surface area (Å²) < 4.78 is 44.4. The largest absolute Gasteiger partial charge is 0.493 e. The molecule has 7 nitrogen and oxygen atoms in total. The van der Waals surface area contributed by atoms with Crippen LogP contribution < -0.4 is 18.9 Å². The van der Waals surface area contributed by atoms with Crippen molar-refractivity contribution in [1.82, 2.24) is 9.62 Å². The summed E-state index contributed by atoms with van der Waals surface area (Å²) in [6.07, 6.45) is 0.701. The molecule has 0 saturated carbocycles. The van der Waals surface area contributed by atoms with E-state index in [4.69, 9.17) is 37.4 Å². The second-order valence-corrected chi connectivity index (χ2v) is 9.47. The van der Waals surface area contributed by atoms with Crippen LogP contribution in [0, 0.1) is 0 Å². The Morgan fingerprint density at radius 2 is 2.07 bits per heavy atom. The molecule has 2 heterocycles. The van der Waals surface area contributed by atoms with E-state index in [0.717, 1.165) is 12.1 Å². The SMILES string of the molecule is COc1cc(CN2CCC(NS(=O)(=O)c3ccc(Cl)cc3Cl)C2)cc2c1OCO2. The van der Waals surface area contributed by atoms with Crippen LogP contribution in [0.4, 0.5) is 0 Å². The zero-order chi connectivity index (χ0) is 20.6. The number of hydrogen-bond donors (Lipinski definition) is 1. The van der Waals surface area contributed by atoms with E-state index in [1.807, 2.05) is 12.1 Å². The van der Waals surface area contributed by atoms with Gasteiger partial charge < -0.3 is 14.2 Å². The van der Waals surface area contributed by atoms with Crippen LogP contribution in [0.1, 0.15) is 12.0 Å². The lowest BCUT2D eigenvalue weighted by molar-refractivity contribution is 0.171. The van der Waals surface area contributed by atoms with Gasteiger partial charge in [-0.3, -0.25) is 4.90 Å². The average molecular weight is 459 g/mol. The Bertz CT molecular complexity index is 1030. The molecule has 0 amide bonds. The first-order chi connectivity index (χ1) is 13.9. The zero-order valence-electron chi connectivity index (χ0n) is 15.7. The number of sulfonamides is 1. The molecule has 0 aromatic heterocycles. The van der Waals surface area contributed by atoms with Gasteiger partial charge in [-0.1, -0.05) is 23.2 Å². The predicted molar refractivity (Wildman–Crippen MR) is 110 cm³/mol. The van der Waals surface area contributed by atoms with Crippen molar-refractivity contribution in [3.63, 3.8) is 0 Å². The van der Waals surface area contributed by atoms with Crippen LogP contribution in [0.25, 0.3) is 0 Å². The normalized spacial score (nSPS) is 18.9. The Kier molecular flexibility index (Phi) is 5.81. The van der Waals surface area contributed by atoms with Crippen LogP contribution >= 0.6 is 23.2 Å². The van der Waals surface area contributed by atoms with Crippen molar-refractivity contribution in [2.45, 2.75) is 23.9 Å². The van der Waals surface area contributed by atoms with Gasteiger partial charge in [0.05, 0.1) is 12.1 Å². The van der Waals surface area contributed by atoms with E-state index < -0.39 is 10.0 Å². The quantitative estimate of drug-likeness (QED) is 0.715. The summed E-state index contributed by atoms with van der Waals surface area (Å²) in [5, 5.41) is 0.493. The number of methoxy groups -OCH3 is 1. The molecule has 2 aromatic rings. The van der Waals surface area contributed by atoms with Crippen LogP contribution in [0.15, 0.2) is 35.2 Å². The second kappa shape index (κ2) is 8.20. The van der Waals surface area contributed by atoms with Crippen molar-refractivity contribution in [2.24, 2.45) is 0 Å².